The molecule has 1 aromatic rings. The molecular formula is C14H19N3O. The number of rotatable bonds is 4. The zero-order valence-electron chi connectivity index (χ0n) is 11.0. The maximum Gasteiger partial charge on any atom is 0.241 e. The normalized spacial score (nSPS) is 13.5. The van der Waals surface area contributed by atoms with Gasteiger partial charge in [0.25, 0.3) is 0 Å². The molecule has 1 amide bonds. The third-order valence-electron chi connectivity index (χ3n) is 3.18. The third-order valence-corrected chi connectivity index (χ3v) is 3.18. The van der Waals surface area contributed by atoms with Gasteiger partial charge in [-0.3, -0.25) is 4.79 Å². The highest BCUT2D eigenvalue weighted by Crippen LogP contribution is 2.17. The second kappa shape index (κ2) is 6.18. The van der Waals surface area contributed by atoms with Crippen molar-refractivity contribution in [2.75, 3.05) is 5.32 Å². The molecule has 0 fully saturated rings. The van der Waals surface area contributed by atoms with Crippen LogP contribution in [0.15, 0.2) is 18.2 Å². The number of nitrogens with two attached hydrogens (primary N) is 1. The molecule has 1 aromatic carbocycles. The van der Waals surface area contributed by atoms with Crippen molar-refractivity contribution in [3.8, 4) is 6.07 Å². The monoisotopic (exact) mass is 245 g/mol. The summed E-state index contributed by atoms with van der Waals surface area (Å²) in [6.45, 7) is 5.83. The highest BCUT2D eigenvalue weighted by molar-refractivity contribution is 5.95. The second-order valence-electron chi connectivity index (χ2n) is 4.54. The van der Waals surface area contributed by atoms with Crippen LogP contribution in [0.2, 0.25) is 0 Å². The highest BCUT2D eigenvalue weighted by atomic mass is 16.2. The number of anilines is 1. The van der Waals surface area contributed by atoms with Crippen molar-refractivity contribution in [2.45, 2.75) is 33.2 Å². The number of hydrogen-bond acceptors (Lipinski definition) is 3. The first-order chi connectivity index (χ1) is 8.49. The van der Waals surface area contributed by atoms with Crippen LogP contribution >= 0.6 is 0 Å². The number of nitrogens with one attached hydrogen (secondary N) is 1. The van der Waals surface area contributed by atoms with Crippen LogP contribution in [0.5, 0.6) is 0 Å². The molecule has 1 unspecified atom stereocenters. The van der Waals surface area contributed by atoms with E-state index in [9.17, 15) is 4.79 Å². The molecular weight excluding hydrogens is 226 g/mol. The van der Waals surface area contributed by atoms with Crippen LogP contribution in [-0.2, 0) is 4.79 Å². The zero-order chi connectivity index (χ0) is 13.7. The minimum atomic E-state index is -0.528. The van der Waals surface area contributed by atoms with Gasteiger partial charge in [0.1, 0.15) is 0 Å². The van der Waals surface area contributed by atoms with Crippen molar-refractivity contribution in [3.63, 3.8) is 0 Å². The maximum absolute atomic E-state index is 11.9. The number of benzene rings is 1. The Hall–Kier alpha value is -1.86. The predicted octanol–water partition coefficient (Wildman–Crippen LogP) is 2.18. The van der Waals surface area contributed by atoms with Crippen molar-refractivity contribution in [1.82, 2.24) is 0 Å². The van der Waals surface area contributed by atoms with Gasteiger partial charge in [-0.25, -0.2) is 0 Å². The van der Waals surface area contributed by atoms with Crippen molar-refractivity contribution in [1.29, 1.82) is 5.26 Å². The van der Waals surface area contributed by atoms with Gasteiger partial charge in [0.15, 0.2) is 0 Å². The average molecular weight is 245 g/mol. The molecule has 4 nitrogen and oxygen atoms in total. The number of nitriles is 1. The molecule has 3 N–H and O–H groups in total. The summed E-state index contributed by atoms with van der Waals surface area (Å²) in [7, 11) is 0. The number of carbonyl (C=O) groups excluding carboxylic acids is 1. The topological polar surface area (TPSA) is 78.9 Å². The van der Waals surface area contributed by atoms with Crippen molar-refractivity contribution >= 4 is 11.6 Å². The molecule has 0 bridgehead atoms. The first-order valence-corrected chi connectivity index (χ1v) is 6.06. The van der Waals surface area contributed by atoms with Crippen molar-refractivity contribution in [2.24, 2.45) is 11.7 Å². The van der Waals surface area contributed by atoms with E-state index in [2.05, 4.69) is 5.32 Å². The highest BCUT2D eigenvalue weighted by Gasteiger charge is 2.19. The Balaban J connectivity index is 2.85. The van der Waals surface area contributed by atoms with E-state index in [0.29, 0.717) is 11.3 Å². The van der Waals surface area contributed by atoms with E-state index < -0.39 is 6.04 Å². The molecule has 0 saturated heterocycles. The Morgan fingerprint density at radius 3 is 2.78 bits per heavy atom. The lowest BCUT2D eigenvalue weighted by atomic mass is 9.99. The summed E-state index contributed by atoms with van der Waals surface area (Å²) in [4.78, 5) is 11.9. The van der Waals surface area contributed by atoms with Crippen LogP contribution in [0.25, 0.3) is 0 Å². The van der Waals surface area contributed by atoms with Crippen LogP contribution < -0.4 is 11.1 Å². The summed E-state index contributed by atoms with van der Waals surface area (Å²) in [6.07, 6.45) is 0.853. The van der Waals surface area contributed by atoms with E-state index in [1.807, 2.05) is 32.9 Å². The van der Waals surface area contributed by atoms with Gasteiger partial charge in [0.2, 0.25) is 5.91 Å². The van der Waals surface area contributed by atoms with Gasteiger partial charge in [-0.15, -0.1) is 0 Å². The molecule has 18 heavy (non-hydrogen) atoms. The fourth-order valence-corrected chi connectivity index (χ4v) is 1.55. The average Bonchev–Trinajstić information content (AvgIpc) is 2.39. The summed E-state index contributed by atoms with van der Waals surface area (Å²) >= 11 is 0. The van der Waals surface area contributed by atoms with E-state index in [-0.39, 0.29) is 11.8 Å². The van der Waals surface area contributed by atoms with E-state index in [1.165, 1.54) is 0 Å². The predicted molar refractivity (Wildman–Crippen MR) is 72.0 cm³/mol. The number of hydrogen-bond donors (Lipinski definition) is 2. The number of nitrogens with zero attached hydrogens (tertiary/aromatic N) is 1. The second-order valence-corrected chi connectivity index (χ2v) is 4.54. The van der Waals surface area contributed by atoms with E-state index in [0.717, 1.165) is 12.0 Å². The summed E-state index contributed by atoms with van der Waals surface area (Å²) < 4.78 is 0. The van der Waals surface area contributed by atoms with Crippen molar-refractivity contribution < 1.29 is 4.79 Å². The quantitative estimate of drug-likeness (QED) is 0.853. The molecule has 2 atom stereocenters. The molecule has 0 aliphatic carbocycles. The lowest BCUT2D eigenvalue weighted by Crippen LogP contribution is -2.40. The smallest absolute Gasteiger partial charge is 0.241 e. The molecule has 0 saturated carbocycles. The minimum absolute atomic E-state index is 0.129. The standard InChI is InChI=1S/C14H19N3O/c1-4-9(2)13(16)14(18)17-12-7-11(8-15)6-5-10(12)3/h5-7,9,13H,4,16H2,1-3H3,(H,17,18)/t9?,13-/m0/s1. The van der Waals surface area contributed by atoms with E-state index in [1.54, 1.807) is 12.1 Å². The first kappa shape index (κ1) is 14.2. The summed E-state index contributed by atoms with van der Waals surface area (Å²) in [5.41, 5.74) is 7.95. The van der Waals surface area contributed by atoms with Crippen LogP contribution in [-0.4, -0.2) is 11.9 Å². The third kappa shape index (κ3) is 3.31. The van der Waals surface area contributed by atoms with Crippen molar-refractivity contribution in [3.05, 3.63) is 29.3 Å². The Morgan fingerprint density at radius 2 is 2.22 bits per heavy atom. The summed E-state index contributed by atoms with van der Waals surface area (Å²) in [5.74, 6) is -0.0769. The Labute approximate surface area is 108 Å². The van der Waals surface area contributed by atoms with Gasteiger partial charge in [-0.05, 0) is 30.5 Å². The number of amides is 1. The Bertz CT molecular complexity index is 476. The van der Waals surface area contributed by atoms with Crippen LogP contribution in [0, 0.1) is 24.2 Å². The molecule has 0 aliphatic heterocycles. The van der Waals surface area contributed by atoms with Crippen LogP contribution in [0.4, 0.5) is 5.69 Å². The molecule has 96 valence electrons. The molecule has 0 aliphatic rings. The van der Waals surface area contributed by atoms with Gasteiger partial charge in [-0.1, -0.05) is 26.3 Å². The molecule has 0 spiro atoms. The SMILES string of the molecule is CCC(C)[C@H](N)C(=O)Nc1cc(C#N)ccc1C. The zero-order valence-corrected chi connectivity index (χ0v) is 11.0. The summed E-state index contributed by atoms with van der Waals surface area (Å²) in [6, 6.07) is 6.71. The molecule has 0 radical (unpaired) electrons. The van der Waals surface area contributed by atoms with Gasteiger partial charge in [-0.2, -0.15) is 5.26 Å². The Morgan fingerprint density at radius 1 is 1.56 bits per heavy atom. The molecule has 4 heteroatoms. The fraction of sp³-hybridized carbons (Fsp3) is 0.429. The van der Waals surface area contributed by atoms with Gasteiger partial charge in [0, 0.05) is 5.69 Å². The first-order valence-electron chi connectivity index (χ1n) is 6.06. The number of carbonyl (C=O) groups is 1. The van der Waals surface area contributed by atoms with Crippen LogP contribution in [0.3, 0.4) is 0 Å². The van der Waals surface area contributed by atoms with E-state index >= 15 is 0 Å². The van der Waals surface area contributed by atoms with Crippen LogP contribution in [0.1, 0.15) is 31.4 Å². The lowest BCUT2D eigenvalue weighted by molar-refractivity contribution is -0.118. The van der Waals surface area contributed by atoms with Gasteiger partial charge >= 0.3 is 0 Å². The van der Waals surface area contributed by atoms with Gasteiger partial charge in [0.05, 0.1) is 17.7 Å². The minimum Gasteiger partial charge on any atom is -0.324 e. The summed E-state index contributed by atoms with van der Waals surface area (Å²) in [5, 5.41) is 11.6. The lowest BCUT2D eigenvalue weighted by Gasteiger charge is -2.18. The molecule has 1 rings (SSSR count). The Kier molecular flexibility index (Phi) is 4.87. The maximum atomic E-state index is 11.9. The van der Waals surface area contributed by atoms with E-state index in [4.69, 9.17) is 11.0 Å². The largest absolute Gasteiger partial charge is 0.324 e. The fourth-order valence-electron chi connectivity index (χ4n) is 1.55. The van der Waals surface area contributed by atoms with Gasteiger partial charge < -0.3 is 11.1 Å². The molecule has 0 aromatic heterocycles. The number of aryl methyl sites for hydroxylation is 1. The molecule has 0 heterocycles.